The van der Waals surface area contributed by atoms with Gasteiger partial charge in [-0.3, -0.25) is 4.79 Å². The van der Waals surface area contributed by atoms with Gasteiger partial charge in [0.15, 0.2) is 15.3 Å². The summed E-state index contributed by atoms with van der Waals surface area (Å²) < 4.78 is 36.5. The largest absolute Gasteiger partial charge is 0.355 e. The number of para-hydroxylation sites is 1. The van der Waals surface area contributed by atoms with Crippen molar-refractivity contribution in [2.75, 3.05) is 18.1 Å². The molecule has 1 aromatic heterocycles. The van der Waals surface area contributed by atoms with E-state index >= 15 is 0 Å². The zero-order valence-electron chi connectivity index (χ0n) is 11.9. The smallest absolute Gasteiger partial charge is 0.189 e. The molecule has 5 nitrogen and oxygen atoms in total. The van der Waals surface area contributed by atoms with Crippen LogP contribution in [0, 0.1) is 11.7 Å². The maximum Gasteiger partial charge on any atom is 0.189 e. The highest BCUT2D eigenvalue weighted by molar-refractivity contribution is 7.91. The van der Waals surface area contributed by atoms with Crippen molar-refractivity contribution < 1.29 is 12.8 Å². The summed E-state index contributed by atoms with van der Waals surface area (Å²) in [6.07, 6.45) is 0.665. The molecule has 2 N–H and O–H groups in total. The Morgan fingerprint density at radius 3 is 2.91 bits per heavy atom. The lowest BCUT2D eigenvalue weighted by Crippen LogP contribution is -2.24. The van der Waals surface area contributed by atoms with Crippen LogP contribution in [0.15, 0.2) is 29.1 Å². The van der Waals surface area contributed by atoms with Crippen molar-refractivity contribution in [1.29, 1.82) is 0 Å². The Hall–Kier alpha value is -1.73. The Labute approximate surface area is 127 Å². The Morgan fingerprint density at radius 1 is 1.36 bits per heavy atom. The summed E-state index contributed by atoms with van der Waals surface area (Å²) in [5.41, 5.74) is 0.562. The van der Waals surface area contributed by atoms with E-state index in [1.54, 1.807) is 6.07 Å². The van der Waals surface area contributed by atoms with Crippen LogP contribution >= 0.6 is 0 Å². The van der Waals surface area contributed by atoms with Crippen LogP contribution in [0.5, 0.6) is 0 Å². The topological polar surface area (TPSA) is 79.0 Å². The summed E-state index contributed by atoms with van der Waals surface area (Å²) in [5, 5.41) is 3.46. The molecule has 7 heteroatoms. The zero-order valence-corrected chi connectivity index (χ0v) is 12.7. The molecule has 1 aliphatic heterocycles. The molecular weight excluding hydrogens is 307 g/mol. The van der Waals surface area contributed by atoms with Gasteiger partial charge in [0.25, 0.3) is 0 Å². The highest BCUT2D eigenvalue weighted by atomic mass is 32.2. The molecule has 118 valence electrons. The van der Waals surface area contributed by atoms with Crippen LogP contribution in [0.1, 0.15) is 12.1 Å². The number of aromatic amines is 1. The summed E-state index contributed by atoms with van der Waals surface area (Å²) in [5.74, 6) is 0.104. The highest BCUT2D eigenvalue weighted by Gasteiger charge is 2.27. The number of H-pyrrole nitrogens is 1. The van der Waals surface area contributed by atoms with Gasteiger partial charge in [0.05, 0.1) is 17.0 Å². The third-order valence-corrected chi connectivity index (χ3v) is 5.78. The van der Waals surface area contributed by atoms with E-state index in [9.17, 15) is 17.6 Å². The number of rotatable bonds is 4. The molecule has 1 atom stereocenters. The van der Waals surface area contributed by atoms with E-state index in [2.05, 4.69) is 10.3 Å². The first-order valence-corrected chi connectivity index (χ1v) is 8.98. The normalized spacial score (nSPS) is 20.5. The maximum atomic E-state index is 13.7. The van der Waals surface area contributed by atoms with Crippen LogP contribution in [0.3, 0.4) is 0 Å². The fraction of sp³-hybridized carbons (Fsp3) is 0.400. The van der Waals surface area contributed by atoms with Crippen molar-refractivity contribution in [1.82, 2.24) is 10.3 Å². The SMILES string of the molecule is O=c1cc(CNC[C@@H]2CCS(=O)(=O)C2)[nH]c2c(F)cccc12. The fourth-order valence-electron chi connectivity index (χ4n) is 2.83. The number of fused-ring (bicyclic) bond motifs is 1. The predicted octanol–water partition coefficient (Wildman–Crippen LogP) is 1.19. The monoisotopic (exact) mass is 324 g/mol. The summed E-state index contributed by atoms with van der Waals surface area (Å²) in [7, 11) is -2.88. The maximum absolute atomic E-state index is 13.7. The first kappa shape index (κ1) is 15.2. The number of sulfone groups is 1. The minimum Gasteiger partial charge on any atom is -0.355 e. The second kappa shape index (κ2) is 5.81. The van der Waals surface area contributed by atoms with E-state index in [0.717, 1.165) is 0 Å². The van der Waals surface area contributed by atoms with Crippen molar-refractivity contribution in [3.8, 4) is 0 Å². The van der Waals surface area contributed by atoms with Gasteiger partial charge in [0, 0.05) is 23.7 Å². The van der Waals surface area contributed by atoms with Gasteiger partial charge in [-0.25, -0.2) is 12.8 Å². The summed E-state index contributed by atoms with van der Waals surface area (Å²) >= 11 is 0. The van der Waals surface area contributed by atoms with E-state index in [-0.39, 0.29) is 28.4 Å². The first-order chi connectivity index (χ1) is 10.4. The molecule has 0 saturated carbocycles. The molecule has 0 aliphatic carbocycles. The van der Waals surface area contributed by atoms with Crippen molar-refractivity contribution in [3.05, 3.63) is 46.0 Å². The van der Waals surface area contributed by atoms with E-state index in [4.69, 9.17) is 0 Å². The molecule has 2 heterocycles. The number of benzene rings is 1. The van der Waals surface area contributed by atoms with Gasteiger partial charge in [-0.15, -0.1) is 0 Å². The minimum absolute atomic E-state index is 0.105. The number of halogens is 1. The Morgan fingerprint density at radius 2 is 2.18 bits per heavy atom. The van der Waals surface area contributed by atoms with Crippen LogP contribution in [0.4, 0.5) is 4.39 Å². The quantitative estimate of drug-likeness (QED) is 0.885. The molecule has 0 unspecified atom stereocenters. The highest BCUT2D eigenvalue weighted by Crippen LogP contribution is 2.17. The molecule has 1 fully saturated rings. The first-order valence-electron chi connectivity index (χ1n) is 7.16. The number of nitrogens with one attached hydrogen (secondary N) is 2. The Kier molecular flexibility index (Phi) is 4.01. The van der Waals surface area contributed by atoms with Crippen molar-refractivity contribution in [2.45, 2.75) is 13.0 Å². The van der Waals surface area contributed by atoms with E-state index in [1.807, 2.05) is 0 Å². The second-order valence-electron chi connectivity index (χ2n) is 5.72. The molecule has 0 amide bonds. The van der Waals surface area contributed by atoms with Gasteiger partial charge in [-0.1, -0.05) is 6.07 Å². The van der Waals surface area contributed by atoms with Crippen LogP contribution in [0.25, 0.3) is 10.9 Å². The summed E-state index contributed by atoms with van der Waals surface area (Å²) in [6, 6.07) is 5.84. The fourth-order valence-corrected chi connectivity index (χ4v) is 4.69. The lowest BCUT2D eigenvalue weighted by molar-refractivity contribution is 0.518. The Balaban J connectivity index is 1.70. The molecule has 2 aromatic rings. The molecular formula is C15H17FN2O3S. The van der Waals surface area contributed by atoms with Gasteiger partial charge in [0.2, 0.25) is 0 Å². The molecule has 1 saturated heterocycles. The van der Waals surface area contributed by atoms with Crippen LogP contribution < -0.4 is 10.7 Å². The molecule has 22 heavy (non-hydrogen) atoms. The third-order valence-electron chi connectivity index (χ3n) is 3.95. The van der Waals surface area contributed by atoms with Gasteiger partial charge in [0.1, 0.15) is 5.82 Å². The van der Waals surface area contributed by atoms with Crippen LogP contribution in [-0.4, -0.2) is 31.5 Å². The lowest BCUT2D eigenvalue weighted by atomic mass is 10.1. The van der Waals surface area contributed by atoms with Crippen LogP contribution in [-0.2, 0) is 16.4 Å². The second-order valence-corrected chi connectivity index (χ2v) is 7.95. The van der Waals surface area contributed by atoms with E-state index in [0.29, 0.717) is 30.6 Å². The number of hydrogen-bond acceptors (Lipinski definition) is 4. The van der Waals surface area contributed by atoms with Gasteiger partial charge < -0.3 is 10.3 Å². The van der Waals surface area contributed by atoms with E-state index < -0.39 is 15.7 Å². The van der Waals surface area contributed by atoms with Gasteiger partial charge >= 0.3 is 0 Å². The standard InChI is InChI=1S/C15H17FN2O3S/c16-13-3-1-2-12-14(19)6-11(18-15(12)13)8-17-7-10-4-5-22(20,21)9-10/h1-3,6,10,17H,4-5,7-9H2,(H,18,19)/t10-/m0/s1. The molecule has 3 rings (SSSR count). The van der Waals surface area contributed by atoms with Gasteiger partial charge in [-0.05, 0) is 31.0 Å². The molecule has 0 radical (unpaired) electrons. The average Bonchev–Trinajstić information content (AvgIpc) is 2.80. The van der Waals surface area contributed by atoms with E-state index in [1.165, 1.54) is 18.2 Å². The molecule has 1 aromatic carbocycles. The van der Waals surface area contributed by atoms with Crippen molar-refractivity contribution in [3.63, 3.8) is 0 Å². The number of hydrogen-bond donors (Lipinski definition) is 2. The Bertz CT molecular complexity index is 861. The van der Waals surface area contributed by atoms with Gasteiger partial charge in [-0.2, -0.15) is 0 Å². The molecule has 1 aliphatic rings. The predicted molar refractivity (Wildman–Crippen MR) is 83.0 cm³/mol. The zero-order chi connectivity index (χ0) is 15.7. The van der Waals surface area contributed by atoms with Crippen LogP contribution in [0.2, 0.25) is 0 Å². The average molecular weight is 324 g/mol. The van der Waals surface area contributed by atoms with Crippen molar-refractivity contribution in [2.24, 2.45) is 5.92 Å². The lowest BCUT2D eigenvalue weighted by Gasteiger charge is -2.10. The summed E-state index contributed by atoms with van der Waals surface area (Å²) in [6.45, 7) is 0.937. The van der Waals surface area contributed by atoms with Crippen molar-refractivity contribution >= 4 is 20.7 Å². The minimum atomic E-state index is -2.88. The number of pyridine rings is 1. The summed E-state index contributed by atoms with van der Waals surface area (Å²) in [4.78, 5) is 14.9. The molecule has 0 spiro atoms. The number of aromatic nitrogens is 1. The third kappa shape index (κ3) is 3.20. The molecule has 0 bridgehead atoms.